The minimum atomic E-state index is -0.158. The summed E-state index contributed by atoms with van der Waals surface area (Å²) >= 11 is 0. The van der Waals surface area contributed by atoms with Crippen LogP contribution in [0.4, 0.5) is 0 Å². The average molecular weight is 499 g/mol. The molecule has 3 nitrogen and oxygen atoms in total. The summed E-state index contributed by atoms with van der Waals surface area (Å²) in [4.78, 5) is 26.5. The van der Waals surface area contributed by atoms with Gasteiger partial charge in [-0.1, -0.05) is 62.3 Å². The number of ether oxygens (including phenoxy) is 1. The van der Waals surface area contributed by atoms with Gasteiger partial charge in [0, 0.05) is 24.7 Å². The molecule has 0 radical (unpaired) electrons. The maximum atomic E-state index is 14.6. The maximum absolute atomic E-state index is 14.6. The zero-order valence-corrected chi connectivity index (χ0v) is 25.1. The van der Waals surface area contributed by atoms with Crippen LogP contribution >= 0.6 is 0 Å². The zero-order valence-electron chi connectivity index (χ0n) is 25.1. The number of carbonyl (C=O) groups excluding carboxylic acids is 2. The van der Waals surface area contributed by atoms with Crippen LogP contribution in [-0.4, -0.2) is 17.9 Å². The summed E-state index contributed by atoms with van der Waals surface area (Å²) in [5.74, 6) is 1.49. The summed E-state index contributed by atoms with van der Waals surface area (Å²) in [6, 6.07) is 0. The first-order chi connectivity index (χ1) is 16.4. The second kappa shape index (κ2) is 7.62. The van der Waals surface area contributed by atoms with Crippen molar-refractivity contribution in [2.24, 2.45) is 55.7 Å². The molecule has 0 N–H and O–H groups in total. The summed E-state index contributed by atoms with van der Waals surface area (Å²) < 4.78 is 5.89. The predicted octanol–water partition coefficient (Wildman–Crippen LogP) is 8.39. The lowest BCUT2D eigenvalue weighted by molar-refractivity contribution is -0.262. The molecular formula is C33H54O3. The van der Waals surface area contributed by atoms with Gasteiger partial charge in [-0.25, -0.2) is 0 Å². The van der Waals surface area contributed by atoms with Crippen LogP contribution in [0.1, 0.15) is 133 Å². The lowest BCUT2D eigenvalue weighted by Gasteiger charge is -2.75. The summed E-state index contributed by atoms with van der Waals surface area (Å²) in [6.45, 7) is 23.8. The third kappa shape index (κ3) is 3.22. The van der Waals surface area contributed by atoms with E-state index in [1.54, 1.807) is 6.92 Å². The largest absolute Gasteiger partial charge is 0.462 e. The number of ketones is 1. The highest BCUT2D eigenvalue weighted by atomic mass is 16.5. The Hall–Kier alpha value is -0.860. The summed E-state index contributed by atoms with van der Waals surface area (Å²) in [7, 11) is 0. The summed E-state index contributed by atoms with van der Waals surface area (Å²) in [6.07, 6.45) is 11.3. The molecule has 0 aromatic rings. The van der Waals surface area contributed by atoms with Crippen molar-refractivity contribution < 1.29 is 14.3 Å². The highest BCUT2D eigenvalue weighted by Crippen LogP contribution is 2.78. The highest BCUT2D eigenvalue weighted by molar-refractivity contribution is 5.85. The Kier molecular flexibility index (Phi) is 5.66. The number of esters is 1. The van der Waals surface area contributed by atoms with Crippen LogP contribution in [0.15, 0.2) is 0 Å². The molecule has 5 aliphatic rings. The highest BCUT2D eigenvalue weighted by Gasteiger charge is 2.74. The van der Waals surface area contributed by atoms with E-state index in [2.05, 4.69) is 62.3 Å². The van der Waals surface area contributed by atoms with Crippen molar-refractivity contribution in [3.05, 3.63) is 0 Å². The fourth-order valence-corrected chi connectivity index (χ4v) is 12.2. The number of hydrogen-bond acceptors (Lipinski definition) is 3. The Morgan fingerprint density at radius 1 is 0.750 bits per heavy atom. The number of hydrogen-bond donors (Lipinski definition) is 0. The van der Waals surface area contributed by atoms with Crippen LogP contribution in [-0.2, 0) is 14.3 Å². The van der Waals surface area contributed by atoms with Crippen molar-refractivity contribution in [1.82, 2.24) is 0 Å². The quantitative estimate of drug-likeness (QED) is 0.341. The predicted molar refractivity (Wildman–Crippen MR) is 145 cm³/mol. The van der Waals surface area contributed by atoms with E-state index in [9.17, 15) is 9.59 Å². The summed E-state index contributed by atoms with van der Waals surface area (Å²) in [5.41, 5.74) is 0.948. The molecule has 0 aliphatic heterocycles. The fourth-order valence-electron chi connectivity index (χ4n) is 12.2. The van der Waals surface area contributed by atoms with E-state index in [-0.39, 0.29) is 50.5 Å². The Labute approximate surface area is 221 Å². The van der Waals surface area contributed by atoms with Crippen molar-refractivity contribution in [3.63, 3.8) is 0 Å². The number of carbonyl (C=O) groups is 2. The molecule has 36 heavy (non-hydrogen) atoms. The van der Waals surface area contributed by atoms with Gasteiger partial charge in [0.2, 0.25) is 0 Å². The van der Waals surface area contributed by atoms with Gasteiger partial charge in [0.25, 0.3) is 0 Å². The molecule has 0 amide bonds. The molecule has 0 saturated heterocycles. The lowest BCUT2D eigenvalue weighted by atomic mass is 9.29. The first kappa shape index (κ1) is 26.7. The minimum absolute atomic E-state index is 0.0150. The molecule has 0 aromatic carbocycles. The third-order valence-corrected chi connectivity index (χ3v) is 14.4. The molecule has 5 fully saturated rings. The van der Waals surface area contributed by atoms with Crippen LogP contribution in [0.3, 0.4) is 0 Å². The monoisotopic (exact) mass is 498 g/mol. The van der Waals surface area contributed by atoms with Crippen molar-refractivity contribution in [2.45, 2.75) is 140 Å². The van der Waals surface area contributed by atoms with E-state index in [1.165, 1.54) is 44.9 Å². The molecule has 0 bridgehead atoms. The zero-order chi connectivity index (χ0) is 26.7. The maximum Gasteiger partial charge on any atom is 0.302 e. The topological polar surface area (TPSA) is 43.4 Å². The van der Waals surface area contributed by atoms with Gasteiger partial charge in [0.15, 0.2) is 0 Å². The lowest BCUT2D eigenvalue weighted by Crippen LogP contribution is -2.71. The number of rotatable bonds is 1. The van der Waals surface area contributed by atoms with E-state index < -0.39 is 0 Å². The van der Waals surface area contributed by atoms with Crippen LogP contribution in [0, 0.1) is 55.7 Å². The third-order valence-electron chi connectivity index (χ3n) is 14.4. The van der Waals surface area contributed by atoms with E-state index in [4.69, 9.17) is 4.74 Å². The Balaban J connectivity index is 1.56. The van der Waals surface area contributed by atoms with Gasteiger partial charge in [0.1, 0.15) is 11.9 Å². The Morgan fingerprint density at radius 2 is 1.39 bits per heavy atom. The first-order valence-electron chi connectivity index (χ1n) is 15.1. The van der Waals surface area contributed by atoms with Gasteiger partial charge in [-0.05, 0) is 102 Å². The van der Waals surface area contributed by atoms with E-state index >= 15 is 0 Å². The van der Waals surface area contributed by atoms with Crippen LogP contribution < -0.4 is 0 Å². The fraction of sp³-hybridized carbons (Fsp3) is 0.939. The summed E-state index contributed by atoms with van der Waals surface area (Å²) in [5, 5.41) is 0. The van der Waals surface area contributed by atoms with Crippen molar-refractivity contribution in [2.75, 3.05) is 0 Å². The Bertz CT molecular complexity index is 964. The minimum Gasteiger partial charge on any atom is -0.462 e. The van der Waals surface area contributed by atoms with Crippen molar-refractivity contribution >= 4 is 11.8 Å². The second-order valence-corrected chi connectivity index (χ2v) is 16.9. The van der Waals surface area contributed by atoms with E-state index in [0.29, 0.717) is 23.0 Å². The van der Waals surface area contributed by atoms with Gasteiger partial charge >= 0.3 is 5.97 Å². The van der Waals surface area contributed by atoms with Gasteiger partial charge in [-0.15, -0.1) is 0 Å². The van der Waals surface area contributed by atoms with Gasteiger partial charge in [-0.3, -0.25) is 9.59 Å². The van der Waals surface area contributed by atoms with Crippen LogP contribution in [0.25, 0.3) is 0 Å². The van der Waals surface area contributed by atoms with E-state index in [0.717, 1.165) is 19.3 Å². The normalized spacial score (nSPS) is 53.3. The first-order valence-corrected chi connectivity index (χ1v) is 15.1. The van der Waals surface area contributed by atoms with Crippen molar-refractivity contribution in [1.29, 1.82) is 0 Å². The molecule has 0 spiro atoms. The van der Waals surface area contributed by atoms with Crippen LogP contribution in [0.5, 0.6) is 0 Å². The van der Waals surface area contributed by atoms with Crippen LogP contribution in [0.2, 0.25) is 0 Å². The molecule has 5 rings (SSSR count). The van der Waals surface area contributed by atoms with Gasteiger partial charge in [0.05, 0.1) is 0 Å². The molecule has 9 atom stereocenters. The molecule has 0 aromatic heterocycles. The SMILES string of the molecule is CC(=O)O[C@H]1CC[C@]2(C)[C@H]3CC(=O)C4[C@]5(C)CC(C)(C)CC[C@]5(C)CC[C@@]4(C)[C@]3(C)CC[C@H]2C1(C)C. The van der Waals surface area contributed by atoms with Gasteiger partial charge < -0.3 is 4.74 Å². The standard InChI is InChI=1S/C33H54O3/c1-21(34)36-25-12-13-30(7)23(28(25,4)5)11-14-31(8)24(30)19-22(35)26-32(31,9)18-17-29(6)16-15-27(2,3)20-33(26,29)10/h23-26H,11-20H2,1-10H3/t23-,24+,25-,26?,29+,30-,31+,32+,33-/m0/s1. The molecule has 5 aliphatic carbocycles. The molecule has 204 valence electrons. The van der Waals surface area contributed by atoms with Crippen molar-refractivity contribution in [3.8, 4) is 0 Å². The number of fused-ring (bicyclic) bond motifs is 7. The average Bonchev–Trinajstić information content (AvgIpc) is 2.73. The molecule has 1 unspecified atom stereocenters. The smallest absolute Gasteiger partial charge is 0.302 e. The Morgan fingerprint density at radius 3 is 2.03 bits per heavy atom. The number of Topliss-reactive ketones (excluding diaryl/α,β-unsaturated/α-hetero) is 1. The molecule has 5 saturated carbocycles. The molecule has 0 heterocycles. The molecular weight excluding hydrogens is 444 g/mol. The second-order valence-electron chi connectivity index (χ2n) is 16.9. The van der Waals surface area contributed by atoms with E-state index in [1.807, 2.05) is 0 Å². The molecule has 3 heteroatoms. The van der Waals surface area contributed by atoms with Gasteiger partial charge in [-0.2, -0.15) is 0 Å².